The average Bonchev–Trinajstić information content (AvgIpc) is 2.88. The van der Waals surface area contributed by atoms with Crippen LogP contribution in [0.1, 0.15) is 32.3 Å². The van der Waals surface area contributed by atoms with Crippen LogP contribution in [0.5, 0.6) is 0 Å². The molecule has 2 amide bonds. The lowest BCUT2D eigenvalue weighted by atomic mass is 9.90. The zero-order valence-corrected chi connectivity index (χ0v) is 17.6. The lowest BCUT2D eigenvalue weighted by molar-refractivity contribution is -0.138. The van der Waals surface area contributed by atoms with Gasteiger partial charge >= 0.3 is 5.91 Å². The van der Waals surface area contributed by atoms with E-state index in [1.165, 1.54) is 24.3 Å². The SMILES string of the molecule is O=C(NNC(=O)c1ccccc1)C(=O)C(C(=O)c1ccccc1)c1nc2ccccc2[nH]c1=O. The zero-order valence-electron chi connectivity index (χ0n) is 17.6. The molecule has 34 heavy (non-hydrogen) atoms. The number of nitrogens with zero attached hydrogens (tertiary/aromatic N) is 1. The van der Waals surface area contributed by atoms with Crippen LogP contribution in [0.15, 0.2) is 89.7 Å². The van der Waals surface area contributed by atoms with E-state index in [9.17, 15) is 24.0 Å². The molecule has 3 aromatic carbocycles. The van der Waals surface area contributed by atoms with Gasteiger partial charge in [-0.2, -0.15) is 0 Å². The Labute approximate surface area is 192 Å². The Bertz CT molecular complexity index is 1450. The average molecular weight is 454 g/mol. The molecule has 1 heterocycles. The number of hydrogen-bond acceptors (Lipinski definition) is 6. The standard InChI is InChI=1S/C25H18N4O5/c30-21(15-9-3-1-4-10-15)19(20-24(33)27-18-14-8-7-13-17(18)26-20)22(31)25(34)29-28-23(32)16-11-5-2-6-12-16/h1-14,19H,(H,27,33)(H,28,32)(H,29,34). The predicted molar refractivity (Wildman–Crippen MR) is 123 cm³/mol. The van der Waals surface area contributed by atoms with E-state index in [1.807, 2.05) is 5.43 Å². The van der Waals surface area contributed by atoms with Crippen molar-refractivity contribution in [3.05, 3.63) is 112 Å². The summed E-state index contributed by atoms with van der Waals surface area (Å²) < 4.78 is 0. The number of hydrogen-bond donors (Lipinski definition) is 3. The second-order valence-corrected chi connectivity index (χ2v) is 7.27. The number of hydrazine groups is 1. The number of carbonyl (C=O) groups excluding carboxylic acids is 4. The highest BCUT2D eigenvalue weighted by molar-refractivity contribution is 6.43. The first-order valence-electron chi connectivity index (χ1n) is 10.2. The van der Waals surface area contributed by atoms with E-state index in [0.717, 1.165) is 0 Å². The summed E-state index contributed by atoms with van der Waals surface area (Å²) in [7, 11) is 0. The molecule has 1 unspecified atom stereocenters. The van der Waals surface area contributed by atoms with Crippen molar-refractivity contribution in [2.24, 2.45) is 0 Å². The highest BCUT2D eigenvalue weighted by Gasteiger charge is 2.37. The van der Waals surface area contributed by atoms with Crippen molar-refractivity contribution < 1.29 is 19.2 Å². The highest BCUT2D eigenvalue weighted by atomic mass is 16.2. The first-order chi connectivity index (χ1) is 16.5. The Balaban J connectivity index is 1.67. The van der Waals surface area contributed by atoms with Crippen LogP contribution in [0.25, 0.3) is 11.0 Å². The predicted octanol–water partition coefficient (Wildman–Crippen LogP) is 1.92. The molecule has 1 atom stereocenters. The number of ketones is 2. The van der Waals surface area contributed by atoms with E-state index in [1.54, 1.807) is 60.7 Å². The molecule has 0 saturated carbocycles. The molecular formula is C25H18N4O5. The number of para-hydroxylation sites is 2. The van der Waals surface area contributed by atoms with E-state index in [0.29, 0.717) is 11.0 Å². The summed E-state index contributed by atoms with van der Waals surface area (Å²) in [5.74, 6) is -5.76. The van der Waals surface area contributed by atoms with Crippen LogP contribution >= 0.6 is 0 Å². The fourth-order valence-corrected chi connectivity index (χ4v) is 3.34. The summed E-state index contributed by atoms with van der Waals surface area (Å²) in [5, 5.41) is 0. The Morgan fingerprint density at radius 2 is 1.32 bits per heavy atom. The number of aromatic nitrogens is 2. The molecule has 0 saturated heterocycles. The number of H-pyrrole nitrogens is 1. The van der Waals surface area contributed by atoms with Crippen molar-refractivity contribution in [1.82, 2.24) is 20.8 Å². The van der Waals surface area contributed by atoms with Crippen molar-refractivity contribution in [3.8, 4) is 0 Å². The van der Waals surface area contributed by atoms with Gasteiger partial charge in [0.1, 0.15) is 11.6 Å². The Morgan fingerprint density at radius 1 is 0.735 bits per heavy atom. The number of Topliss-reactive ketones (excluding diaryl/α,β-unsaturated/α-hetero) is 2. The van der Waals surface area contributed by atoms with E-state index in [-0.39, 0.29) is 11.1 Å². The van der Waals surface area contributed by atoms with Crippen molar-refractivity contribution in [3.63, 3.8) is 0 Å². The summed E-state index contributed by atoms with van der Waals surface area (Å²) in [6.45, 7) is 0. The van der Waals surface area contributed by atoms with Gasteiger partial charge in [0.2, 0.25) is 5.78 Å². The van der Waals surface area contributed by atoms with Gasteiger partial charge in [0.05, 0.1) is 11.0 Å². The summed E-state index contributed by atoms with van der Waals surface area (Å²) in [4.78, 5) is 70.8. The molecule has 0 bridgehead atoms. The minimum atomic E-state index is -1.82. The topological polar surface area (TPSA) is 138 Å². The number of benzene rings is 3. The molecule has 0 spiro atoms. The third-order valence-corrected chi connectivity index (χ3v) is 5.03. The molecule has 0 radical (unpaired) electrons. The van der Waals surface area contributed by atoms with Gasteiger partial charge in [0.15, 0.2) is 5.78 Å². The Hall–Kier alpha value is -4.92. The van der Waals surface area contributed by atoms with Crippen LogP contribution in [-0.2, 0) is 9.59 Å². The first kappa shape index (κ1) is 22.3. The smallest absolute Gasteiger partial charge is 0.306 e. The fourth-order valence-electron chi connectivity index (χ4n) is 3.34. The lowest BCUT2D eigenvalue weighted by Gasteiger charge is -2.15. The van der Waals surface area contributed by atoms with Gasteiger partial charge in [-0.3, -0.25) is 34.8 Å². The second-order valence-electron chi connectivity index (χ2n) is 7.27. The van der Waals surface area contributed by atoms with Gasteiger partial charge in [0, 0.05) is 11.1 Å². The van der Waals surface area contributed by atoms with Gasteiger partial charge in [-0.15, -0.1) is 0 Å². The van der Waals surface area contributed by atoms with Gasteiger partial charge in [-0.05, 0) is 24.3 Å². The van der Waals surface area contributed by atoms with Crippen molar-refractivity contribution >= 4 is 34.4 Å². The van der Waals surface area contributed by atoms with Crippen molar-refractivity contribution in [1.29, 1.82) is 0 Å². The zero-order chi connectivity index (χ0) is 24.1. The van der Waals surface area contributed by atoms with Crippen LogP contribution in [0.4, 0.5) is 0 Å². The van der Waals surface area contributed by atoms with Crippen molar-refractivity contribution in [2.45, 2.75) is 5.92 Å². The summed E-state index contributed by atoms with van der Waals surface area (Å²) in [6, 6.07) is 22.4. The fraction of sp³-hybridized carbons (Fsp3) is 0.0400. The molecule has 9 heteroatoms. The molecule has 4 rings (SSSR count). The summed E-state index contributed by atoms with van der Waals surface area (Å²) >= 11 is 0. The van der Waals surface area contributed by atoms with Crippen LogP contribution in [0.3, 0.4) is 0 Å². The quantitative estimate of drug-likeness (QED) is 0.176. The maximum Gasteiger partial charge on any atom is 0.306 e. The van der Waals surface area contributed by atoms with Gasteiger partial charge < -0.3 is 4.98 Å². The number of aromatic amines is 1. The maximum atomic E-state index is 13.3. The number of fused-ring (bicyclic) bond motifs is 1. The summed E-state index contributed by atoms with van der Waals surface area (Å²) in [5.41, 5.74) is 4.08. The van der Waals surface area contributed by atoms with Gasteiger partial charge in [0.25, 0.3) is 11.5 Å². The maximum absolute atomic E-state index is 13.3. The summed E-state index contributed by atoms with van der Waals surface area (Å²) in [6.07, 6.45) is 0. The van der Waals surface area contributed by atoms with E-state index >= 15 is 0 Å². The lowest BCUT2D eigenvalue weighted by Crippen LogP contribution is -2.47. The monoisotopic (exact) mass is 454 g/mol. The van der Waals surface area contributed by atoms with E-state index in [2.05, 4.69) is 15.4 Å². The second kappa shape index (κ2) is 9.70. The van der Waals surface area contributed by atoms with Crippen LogP contribution < -0.4 is 16.4 Å². The van der Waals surface area contributed by atoms with E-state index < -0.39 is 40.6 Å². The molecular weight excluding hydrogens is 436 g/mol. The van der Waals surface area contributed by atoms with E-state index in [4.69, 9.17) is 0 Å². The molecule has 0 aliphatic rings. The Morgan fingerprint density at radius 3 is 2.00 bits per heavy atom. The van der Waals surface area contributed by atoms with Gasteiger partial charge in [-0.25, -0.2) is 4.98 Å². The number of nitrogens with one attached hydrogen (secondary N) is 3. The van der Waals surface area contributed by atoms with Crippen LogP contribution in [0, 0.1) is 0 Å². The van der Waals surface area contributed by atoms with Gasteiger partial charge in [-0.1, -0.05) is 60.7 Å². The molecule has 0 fully saturated rings. The highest BCUT2D eigenvalue weighted by Crippen LogP contribution is 2.20. The molecule has 1 aromatic heterocycles. The third kappa shape index (κ3) is 4.63. The normalized spacial score (nSPS) is 11.4. The third-order valence-electron chi connectivity index (χ3n) is 5.03. The minimum absolute atomic E-state index is 0.122. The molecule has 4 aromatic rings. The number of rotatable bonds is 6. The molecule has 168 valence electrons. The number of carbonyl (C=O) groups is 4. The Kier molecular flexibility index (Phi) is 6.35. The van der Waals surface area contributed by atoms with Crippen molar-refractivity contribution in [2.75, 3.05) is 0 Å². The molecule has 3 N–H and O–H groups in total. The largest absolute Gasteiger partial charge is 0.319 e. The molecule has 0 aliphatic carbocycles. The molecule has 0 aliphatic heterocycles. The van der Waals surface area contributed by atoms with Crippen LogP contribution in [-0.4, -0.2) is 33.3 Å². The molecule has 9 nitrogen and oxygen atoms in total. The van der Waals surface area contributed by atoms with Crippen LogP contribution in [0.2, 0.25) is 0 Å². The first-order valence-corrected chi connectivity index (χ1v) is 10.2. The number of amides is 2. The minimum Gasteiger partial charge on any atom is -0.319 e.